The molecule has 4 bridgehead atoms. The number of imide groups is 1. The van der Waals surface area contributed by atoms with Crippen LogP contribution in [0.1, 0.15) is 104 Å². The lowest BCUT2D eigenvalue weighted by Gasteiger charge is -2.41. The highest BCUT2D eigenvalue weighted by molar-refractivity contribution is 8.00. The molecule has 65 heavy (non-hydrogen) atoms. The average molecular weight is 942 g/mol. The maximum Gasteiger partial charge on any atom is 0.409 e. The molecule has 6 rings (SSSR count). The van der Waals surface area contributed by atoms with Gasteiger partial charge in [-0.15, -0.1) is 11.8 Å². The number of epoxide rings is 1. The van der Waals surface area contributed by atoms with Gasteiger partial charge < -0.3 is 29.1 Å². The number of halogens is 1. The summed E-state index contributed by atoms with van der Waals surface area (Å²) in [6, 6.07) is 2.73. The Morgan fingerprint density at radius 1 is 1.08 bits per heavy atom. The third kappa shape index (κ3) is 11.3. The number of hydrogen-bond acceptors (Lipinski definition) is 12. The van der Waals surface area contributed by atoms with Gasteiger partial charge in [-0.1, -0.05) is 55.3 Å². The van der Waals surface area contributed by atoms with Gasteiger partial charge in [0.25, 0.3) is 0 Å². The van der Waals surface area contributed by atoms with Crippen LogP contribution in [0.2, 0.25) is 5.02 Å². The quantitative estimate of drug-likeness (QED) is 0.156. The fourth-order valence-electron chi connectivity index (χ4n) is 9.61. The van der Waals surface area contributed by atoms with Crippen molar-refractivity contribution < 1.29 is 52.9 Å². The zero-order valence-corrected chi connectivity index (χ0v) is 40.6. The third-order valence-corrected chi connectivity index (χ3v) is 16.1. The number of ketones is 1. The summed E-state index contributed by atoms with van der Waals surface area (Å²) in [6.45, 7) is 12.7. The number of allylic oxidation sites excluding steroid dienone is 3. The second-order valence-electron chi connectivity index (χ2n) is 19.1. The predicted molar refractivity (Wildman–Crippen MR) is 246 cm³/mol. The molecular formula is C48H65ClN4O11S. The van der Waals surface area contributed by atoms with E-state index in [-0.39, 0.29) is 66.8 Å². The van der Waals surface area contributed by atoms with Crippen LogP contribution in [0.25, 0.3) is 0 Å². The van der Waals surface area contributed by atoms with E-state index >= 15 is 0 Å². The lowest BCUT2D eigenvalue weighted by Crippen LogP contribution is -2.60. The largest absolute Gasteiger partial charge is 0.457 e. The Kier molecular flexibility index (Phi) is 15.7. The number of fused-ring (bicyclic) bond motifs is 5. The van der Waals surface area contributed by atoms with Gasteiger partial charge in [0.15, 0.2) is 0 Å². The van der Waals surface area contributed by atoms with Crippen LogP contribution in [-0.2, 0) is 49.4 Å². The molecule has 5 aliphatic rings. The Balaban J connectivity index is 1.14. The predicted octanol–water partition coefficient (Wildman–Crippen LogP) is 6.08. The number of hydrogen-bond donors (Lipinski definition) is 2. The van der Waals surface area contributed by atoms with Crippen molar-refractivity contribution in [2.75, 3.05) is 31.3 Å². The number of aryl methyl sites for hydroxylation is 1. The number of nitrogens with one attached hydrogen (secondary N) is 1. The molecule has 0 aromatic heterocycles. The molecule has 9 atom stereocenters. The Morgan fingerprint density at radius 3 is 2.45 bits per heavy atom. The molecule has 356 valence electrons. The maximum absolute atomic E-state index is 14.3. The summed E-state index contributed by atoms with van der Waals surface area (Å²) in [5.74, 6) is -2.45. The van der Waals surface area contributed by atoms with E-state index in [1.54, 1.807) is 27.8 Å². The van der Waals surface area contributed by atoms with E-state index in [9.17, 15) is 38.7 Å². The molecule has 2 N–H and O–H groups in total. The summed E-state index contributed by atoms with van der Waals surface area (Å²) in [5.41, 5.74) is 0.289. The molecule has 17 heteroatoms. The molecule has 1 saturated carbocycles. The molecule has 5 amide bonds. The van der Waals surface area contributed by atoms with Crippen LogP contribution >= 0.6 is 23.4 Å². The second-order valence-corrected chi connectivity index (χ2v) is 20.8. The SMILES string of the molecule is CC(=O)C1CCC(CN2C(=O)CC(SCCC(=O)N(C)C(C)C(=O)OC3CC(=O)N(C)c4cc(cc(C)c4Cl)C/C(C)=C/C=C/C(C)C4(O)CC(OC(=O)N4)C(C)C4OC34C)C2=O)CC1. The minimum Gasteiger partial charge on any atom is -0.457 e. The lowest BCUT2D eigenvalue weighted by molar-refractivity contribution is -0.162. The van der Waals surface area contributed by atoms with Crippen LogP contribution in [0.4, 0.5) is 10.5 Å². The van der Waals surface area contributed by atoms with Crippen LogP contribution in [0.3, 0.4) is 0 Å². The first-order valence-electron chi connectivity index (χ1n) is 22.7. The van der Waals surface area contributed by atoms with Gasteiger partial charge in [0.2, 0.25) is 23.6 Å². The molecule has 9 unspecified atom stereocenters. The van der Waals surface area contributed by atoms with Crippen molar-refractivity contribution in [3.8, 4) is 0 Å². The first-order valence-corrected chi connectivity index (χ1v) is 24.2. The number of nitrogens with zero attached hydrogens (tertiary/aromatic N) is 3. The molecule has 15 nitrogen and oxygen atoms in total. The van der Waals surface area contributed by atoms with Crippen molar-refractivity contribution in [2.24, 2.45) is 23.7 Å². The minimum absolute atomic E-state index is 0.0107. The summed E-state index contributed by atoms with van der Waals surface area (Å²) in [4.78, 5) is 96.7. The fraction of sp³-hybridized carbons (Fsp3) is 0.646. The topological polar surface area (TPSA) is 192 Å². The number of benzene rings is 1. The molecule has 4 heterocycles. The Hall–Kier alpha value is -4.25. The Bertz CT molecular complexity index is 2120. The van der Waals surface area contributed by atoms with Gasteiger partial charge in [-0.3, -0.25) is 34.2 Å². The summed E-state index contributed by atoms with van der Waals surface area (Å²) < 4.78 is 18.2. The Morgan fingerprint density at radius 2 is 1.77 bits per heavy atom. The number of rotatable bonds is 10. The van der Waals surface area contributed by atoms with Crippen molar-refractivity contribution in [3.63, 3.8) is 0 Å². The number of ether oxygens (including phenoxy) is 3. The number of amides is 5. The van der Waals surface area contributed by atoms with Gasteiger partial charge in [-0.2, -0.15) is 0 Å². The number of likely N-dealkylation sites (tertiary alicyclic amines) is 1. The van der Waals surface area contributed by atoms with Gasteiger partial charge in [-0.05, 0) is 89.8 Å². The van der Waals surface area contributed by atoms with E-state index < -0.39 is 70.7 Å². The van der Waals surface area contributed by atoms with Crippen LogP contribution < -0.4 is 10.2 Å². The van der Waals surface area contributed by atoms with Crippen LogP contribution in [0.15, 0.2) is 35.9 Å². The van der Waals surface area contributed by atoms with Gasteiger partial charge in [-0.25, -0.2) is 9.59 Å². The molecule has 4 aliphatic heterocycles. The number of Topliss-reactive ketones (excluding diaryl/α,β-unsaturated/α-hetero) is 1. The van der Waals surface area contributed by atoms with E-state index in [0.717, 1.165) is 42.4 Å². The third-order valence-electron chi connectivity index (χ3n) is 14.4. The number of alkyl carbamates (subject to hydrolysis) is 1. The van der Waals surface area contributed by atoms with Crippen molar-refractivity contribution in [1.82, 2.24) is 15.1 Å². The van der Waals surface area contributed by atoms with Crippen LogP contribution in [0, 0.1) is 30.6 Å². The van der Waals surface area contributed by atoms with E-state index in [1.807, 2.05) is 51.1 Å². The average Bonchev–Trinajstić information content (AvgIpc) is 3.88. The standard InChI is InChI=1S/C48H65ClN4O11S/c1-26-11-10-12-28(3)48(61)24-36(62-46(60)50-48)29(4)43-47(7,64-43)38(23-40(56)52(9)35-21-33(19-26)20-27(2)42(35)49)63-45(59)30(5)51(8)39(55)17-18-65-37-22-41(57)53(44(37)58)25-32-13-15-34(16-14-32)31(6)54/h10-12,20-21,28-30,32,34,36-38,43,61H,13-19,22-25H2,1-9H3,(H,50,60)/b12-10+,26-11+. The van der Waals surface area contributed by atoms with E-state index in [1.165, 1.54) is 40.4 Å². The normalized spacial score (nSPS) is 33.8. The molecule has 3 saturated heterocycles. The number of esters is 1. The van der Waals surface area contributed by atoms with Gasteiger partial charge >= 0.3 is 12.1 Å². The van der Waals surface area contributed by atoms with E-state index in [2.05, 4.69) is 5.32 Å². The maximum atomic E-state index is 14.3. The molecule has 1 aromatic rings. The van der Waals surface area contributed by atoms with E-state index in [0.29, 0.717) is 23.7 Å². The number of thioether (sulfide) groups is 1. The molecule has 4 fully saturated rings. The summed E-state index contributed by atoms with van der Waals surface area (Å²) in [6.07, 6.45) is 5.61. The highest BCUT2D eigenvalue weighted by atomic mass is 35.5. The number of likely N-dealkylation sites (N-methyl/N-ethyl adjacent to an activating group) is 1. The first kappa shape index (κ1) is 50.2. The molecule has 0 spiro atoms. The molecular weight excluding hydrogens is 876 g/mol. The molecule has 1 aliphatic carbocycles. The van der Waals surface area contributed by atoms with Crippen molar-refractivity contribution >= 4 is 70.5 Å². The number of carbonyl (C=O) groups excluding carboxylic acids is 7. The summed E-state index contributed by atoms with van der Waals surface area (Å²) in [5, 5.41) is 14.1. The van der Waals surface area contributed by atoms with Crippen molar-refractivity contribution in [1.29, 1.82) is 0 Å². The summed E-state index contributed by atoms with van der Waals surface area (Å²) in [7, 11) is 3.09. The van der Waals surface area contributed by atoms with Gasteiger partial charge in [0.1, 0.15) is 35.4 Å². The fourth-order valence-corrected chi connectivity index (χ4v) is 11.0. The molecule has 1 aromatic carbocycles. The van der Waals surface area contributed by atoms with Crippen LogP contribution in [-0.4, -0.2) is 124 Å². The second kappa shape index (κ2) is 20.3. The highest BCUT2D eigenvalue weighted by Gasteiger charge is 2.64. The number of aliphatic hydroxyl groups is 1. The lowest BCUT2D eigenvalue weighted by atomic mass is 9.80. The molecule has 0 radical (unpaired) electrons. The highest BCUT2D eigenvalue weighted by Crippen LogP contribution is 2.49. The Labute approximate surface area is 391 Å². The van der Waals surface area contributed by atoms with Gasteiger partial charge in [0, 0.05) is 63.4 Å². The zero-order chi connectivity index (χ0) is 47.7. The van der Waals surface area contributed by atoms with Crippen molar-refractivity contribution in [2.45, 2.75) is 147 Å². The zero-order valence-electron chi connectivity index (χ0n) is 39.0. The number of anilines is 1. The first-order chi connectivity index (χ1) is 30.5. The van der Waals surface area contributed by atoms with Gasteiger partial charge in [0.05, 0.1) is 28.5 Å². The van der Waals surface area contributed by atoms with Crippen molar-refractivity contribution in [3.05, 3.63) is 52.1 Å². The summed E-state index contributed by atoms with van der Waals surface area (Å²) >= 11 is 8.06. The van der Waals surface area contributed by atoms with Crippen LogP contribution in [0.5, 0.6) is 0 Å². The number of carbonyl (C=O) groups is 7. The smallest absolute Gasteiger partial charge is 0.409 e. The minimum atomic E-state index is -1.64. The monoisotopic (exact) mass is 940 g/mol. The van der Waals surface area contributed by atoms with E-state index in [4.69, 9.17) is 25.8 Å².